The highest BCUT2D eigenvalue weighted by Crippen LogP contribution is 2.20. The van der Waals surface area contributed by atoms with E-state index in [0.717, 1.165) is 17.5 Å². The molecule has 4 rings (SSSR count). The SMILES string of the molecule is C#CCC1NC(=O)CCCCOc2ccc(cc2F)C[C@@H]([C@H](O)CNCc2cncc(CC)c2)NC1=O. The first-order valence-corrected chi connectivity index (χ1v) is 12.7. The van der Waals surface area contributed by atoms with Crippen molar-refractivity contribution in [2.45, 2.75) is 70.2 Å². The van der Waals surface area contributed by atoms with Gasteiger partial charge in [0, 0.05) is 38.3 Å². The zero-order valence-corrected chi connectivity index (χ0v) is 21.1. The molecule has 2 amide bonds. The number of aliphatic hydroxyl groups is 1. The van der Waals surface area contributed by atoms with Gasteiger partial charge in [-0.05, 0) is 54.5 Å². The molecule has 2 aliphatic rings. The summed E-state index contributed by atoms with van der Waals surface area (Å²) in [5.41, 5.74) is 2.67. The van der Waals surface area contributed by atoms with E-state index in [9.17, 15) is 19.1 Å². The van der Waals surface area contributed by atoms with Crippen molar-refractivity contribution in [1.82, 2.24) is 20.9 Å². The molecule has 8 nitrogen and oxygen atoms in total. The van der Waals surface area contributed by atoms with Gasteiger partial charge in [-0.2, -0.15) is 0 Å². The fourth-order valence-corrected chi connectivity index (χ4v) is 4.11. The highest BCUT2D eigenvalue weighted by molar-refractivity contribution is 5.88. The van der Waals surface area contributed by atoms with E-state index in [0.29, 0.717) is 24.9 Å². The third-order valence-corrected chi connectivity index (χ3v) is 6.22. The Morgan fingerprint density at radius 2 is 2.05 bits per heavy atom. The number of amides is 2. The van der Waals surface area contributed by atoms with E-state index < -0.39 is 29.9 Å². The number of fused-ring (bicyclic) bond motifs is 13. The van der Waals surface area contributed by atoms with Crippen LogP contribution in [0.3, 0.4) is 0 Å². The van der Waals surface area contributed by atoms with Crippen LogP contribution in [0.5, 0.6) is 5.75 Å². The molecule has 3 heterocycles. The predicted octanol–water partition coefficient (Wildman–Crippen LogP) is 2.03. The average Bonchev–Trinajstić information content (AvgIpc) is 2.88. The van der Waals surface area contributed by atoms with Crippen LogP contribution in [0.4, 0.5) is 4.39 Å². The Hall–Kier alpha value is -3.48. The molecule has 198 valence electrons. The van der Waals surface area contributed by atoms with E-state index in [1.54, 1.807) is 18.3 Å². The van der Waals surface area contributed by atoms with Gasteiger partial charge in [-0.25, -0.2) is 4.39 Å². The third kappa shape index (κ3) is 8.85. The number of halogens is 1. The van der Waals surface area contributed by atoms with Crippen LogP contribution >= 0.6 is 0 Å². The molecule has 0 radical (unpaired) electrons. The van der Waals surface area contributed by atoms with Gasteiger partial charge in [0.15, 0.2) is 11.6 Å². The van der Waals surface area contributed by atoms with Crippen molar-refractivity contribution in [2.24, 2.45) is 0 Å². The molecule has 2 aliphatic heterocycles. The van der Waals surface area contributed by atoms with Gasteiger partial charge < -0.3 is 25.8 Å². The maximum absolute atomic E-state index is 14.6. The molecule has 0 spiro atoms. The van der Waals surface area contributed by atoms with Gasteiger partial charge in [0.2, 0.25) is 11.8 Å². The van der Waals surface area contributed by atoms with E-state index >= 15 is 0 Å². The first-order chi connectivity index (χ1) is 17.9. The zero-order chi connectivity index (χ0) is 26.6. The Kier molecular flexibility index (Phi) is 10.9. The standard InChI is InChI=1S/C28H35FN4O4/c1-3-7-23-28(36)33-24(25(34)18-31-17-21-12-19(4-2)15-30-16-21)14-20-9-10-26(22(29)13-20)37-11-6-5-8-27(35)32-23/h1,9-10,12-13,15-16,23-25,31,34H,4-8,11,14,17-18H2,2H3,(H,32,35)(H,33,36)/t23?,24-,25+/m0/s1. The van der Waals surface area contributed by atoms with E-state index in [4.69, 9.17) is 11.2 Å². The maximum Gasteiger partial charge on any atom is 0.243 e. The van der Waals surface area contributed by atoms with Gasteiger partial charge in [0.25, 0.3) is 0 Å². The van der Waals surface area contributed by atoms with Gasteiger partial charge in [-0.1, -0.05) is 19.1 Å². The molecule has 0 fully saturated rings. The number of nitrogens with one attached hydrogen (secondary N) is 3. The second-order valence-corrected chi connectivity index (χ2v) is 9.17. The van der Waals surface area contributed by atoms with Gasteiger partial charge in [-0.15, -0.1) is 12.3 Å². The second-order valence-electron chi connectivity index (χ2n) is 9.17. The number of rotatable bonds is 7. The van der Waals surface area contributed by atoms with Crippen molar-refractivity contribution >= 4 is 11.8 Å². The molecule has 9 heteroatoms. The van der Waals surface area contributed by atoms with Crippen LogP contribution in [-0.4, -0.2) is 53.2 Å². The molecule has 37 heavy (non-hydrogen) atoms. The Balaban J connectivity index is 1.77. The number of terminal acetylenes is 1. The molecule has 0 saturated carbocycles. The van der Waals surface area contributed by atoms with E-state index in [2.05, 4.69) is 33.8 Å². The lowest BCUT2D eigenvalue weighted by molar-refractivity contribution is -0.129. The quantitative estimate of drug-likeness (QED) is 0.424. The third-order valence-electron chi connectivity index (χ3n) is 6.22. The Bertz CT molecular complexity index is 1100. The molecule has 0 saturated heterocycles. The van der Waals surface area contributed by atoms with Crippen molar-refractivity contribution in [3.05, 3.63) is 59.2 Å². The van der Waals surface area contributed by atoms with Gasteiger partial charge in [0.05, 0.1) is 18.8 Å². The van der Waals surface area contributed by atoms with Crippen LogP contribution in [0.2, 0.25) is 0 Å². The predicted molar refractivity (Wildman–Crippen MR) is 138 cm³/mol. The molecular weight excluding hydrogens is 475 g/mol. The molecule has 1 aromatic carbocycles. The number of benzene rings is 1. The number of carbonyl (C=O) groups excluding carboxylic acids is 2. The number of hydrogen-bond acceptors (Lipinski definition) is 6. The maximum atomic E-state index is 14.6. The average molecular weight is 511 g/mol. The first kappa shape index (κ1) is 28.1. The summed E-state index contributed by atoms with van der Waals surface area (Å²) in [7, 11) is 0. The smallest absolute Gasteiger partial charge is 0.243 e. The van der Waals surface area contributed by atoms with Crippen LogP contribution in [0.15, 0.2) is 36.7 Å². The summed E-state index contributed by atoms with van der Waals surface area (Å²) < 4.78 is 20.2. The minimum Gasteiger partial charge on any atom is -0.491 e. The summed E-state index contributed by atoms with van der Waals surface area (Å²) in [5, 5.41) is 19.7. The highest BCUT2D eigenvalue weighted by atomic mass is 19.1. The summed E-state index contributed by atoms with van der Waals surface area (Å²) in [5.74, 6) is 1.23. The molecule has 3 atom stereocenters. The Morgan fingerprint density at radius 3 is 2.81 bits per heavy atom. The number of aryl methyl sites for hydroxylation is 1. The fourth-order valence-electron chi connectivity index (χ4n) is 4.11. The van der Waals surface area contributed by atoms with Gasteiger partial charge in [0.1, 0.15) is 6.04 Å². The molecule has 1 unspecified atom stereocenters. The van der Waals surface area contributed by atoms with Crippen molar-refractivity contribution in [3.63, 3.8) is 0 Å². The first-order valence-electron chi connectivity index (χ1n) is 12.7. The van der Waals surface area contributed by atoms with Crippen molar-refractivity contribution in [3.8, 4) is 18.1 Å². The number of aliphatic hydroxyl groups excluding tert-OH is 1. The Labute approximate surface area is 217 Å². The number of ether oxygens (including phenoxy) is 1. The minimum atomic E-state index is -1.01. The van der Waals surface area contributed by atoms with Crippen LogP contribution < -0.4 is 20.7 Å². The lowest BCUT2D eigenvalue weighted by atomic mass is 9.99. The zero-order valence-electron chi connectivity index (χ0n) is 21.1. The largest absolute Gasteiger partial charge is 0.491 e. The van der Waals surface area contributed by atoms with Crippen LogP contribution in [0.25, 0.3) is 0 Å². The molecule has 4 N–H and O–H groups in total. The topological polar surface area (TPSA) is 113 Å². The molecule has 0 aliphatic carbocycles. The molecule has 2 aromatic rings. The number of carbonyl (C=O) groups is 2. The minimum absolute atomic E-state index is 0.00580. The second kappa shape index (κ2) is 14.3. The number of aromatic nitrogens is 1. The van der Waals surface area contributed by atoms with Crippen molar-refractivity contribution < 1.29 is 23.8 Å². The van der Waals surface area contributed by atoms with Crippen LogP contribution in [0, 0.1) is 18.2 Å². The number of hydrogen-bond donors (Lipinski definition) is 4. The Morgan fingerprint density at radius 1 is 1.24 bits per heavy atom. The molecule has 2 bridgehead atoms. The molecule has 1 aromatic heterocycles. The van der Waals surface area contributed by atoms with E-state index in [-0.39, 0.29) is 44.1 Å². The van der Waals surface area contributed by atoms with Crippen molar-refractivity contribution in [1.29, 1.82) is 0 Å². The molecular formula is C28H35FN4O4. The monoisotopic (exact) mass is 510 g/mol. The number of pyridine rings is 1. The van der Waals surface area contributed by atoms with Gasteiger partial charge in [-0.3, -0.25) is 14.6 Å². The fraction of sp³-hybridized carbons (Fsp3) is 0.464. The summed E-state index contributed by atoms with van der Waals surface area (Å²) in [6, 6.07) is 4.94. The van der Waals surface area contributed by atoms with E-state index in [1.165, 1.54) is 6.07 Å². The van der Waals surface area contributed by atoms with E-state index in [1.807, 2.05) is 12.3 Å². The van der Waals surface area contributed by atoms with Crippen molar-refractivity contribution in [2.75, 3.05) is 13.2 Å². The highest BCUT2D eigenvalue weighted by Gasteiger charge is 2.27. The van der Waals surface area contributed by atoms with Crippen LogP contribution in [-0.2, 0) is 29.0 Å². The lowest BCUT2D eigenvalue weighted by Gasteiger charge is -2.27. The summed E-state index contributed by atoms with van der Waals surface area (Å²) >= 11 is 0. The summed E-state index contributed by atoms with van der Waals surface area (Å²) in [6.45, 7) is 2.96. The summed E-state index contributed by atoms with van der Waals surface area (Å²) in [4.78, 5) is 29.7. The van der Waals surface area contributed by atoms with Gasteiger partial charge >= 0.3 is 0 Å². The lowest BCUT2D eigenvalue weighted by Crippen LogP contribution is -2.54. The van der Waals surface area contributed by atoms with Crippen LogP contribution in [0.1, 0.15) is 49.3 Å². The normalized spacial score (nSPS) is 19.8. The number of nitrogens with zero attached hydrogens (tertiary/aromatic N) is 1. The summed E-state index contributed by atoms with van der Waals surface area (Å²) in [6.07, 6.45) is 10.3.